The van der Waals surface area contributed by atoms with Gasteiger partial charge in [-0.05, 0) is 11.6 Å². The van der Waals surface area contributed by atoms with Crippen molar-refractivity contribution in [2.45, 2.75) is 12.6 Å². The summed E-state index contributed by atoms with van der Waals surface area (Å²) in [5, 5.41) is 2.61. The molecule has 0 spiro atoms. The van der Waals surface area contributed by atoms with Crippen LogP contribution in [0.1, 0.15) is 11.1 Å². The summed E-state index contributed by atoms with van der Waals surface area (Å²) in [7, 11) is 4.32. The highest BCUT2D eigenvalue weighted by atomic mass is 19.4. The number of carbonyl (C=O) groups excluding carboxylic acids is 1. The molecule has 2 aromatic rings. The standard InChI is InChI=1S/C18H18F3NO4/c1-24-14-9-13(10-15(25-2)17(14)26-3)22-16(23)8-11-5-4-6-12(7-11)18(19,20)21/h4-7,9-10H,8H2,1-3H3,(H,22,23). The minimum absolute atomic E-state index is 0.208. The highest BCUT2D eigenvalue weighted by Gasteiger charge is 2.30. The molecule has 1 N–H and O–H groups in total. The Hall–Kier alpha value is -2.90. The summed E-state index contributed by atoms with van der Waals surface area (Å²) in [6.45, 7) is 0. The summed E-state index contributed by atoms with van der Waals surface area (Å²) in [6.07, 6.45) is -4.66. The van der Waals surface area contributed by atoms with Crippen molar-refractivity contribution in [1.29, 1.82) is 0 Å². The number of hydrogen-bond acceptors (Lipinski definition) is 4. The normalized spacial score (nSPS) is 11.0. The van der Waals surface area contributed by atoms with Gasteiger partial charge in [0.1, 0.15) is 0 Å². The predicted molar refractivity (Wildman–Crippen MR) is 89.9 cm³/mol. The van der Waals surface area contributed by atoms with Crippen LogP contribution in [0.5, 0.6) is 17.2 Å². The van der Waals surface area contributed by atoms with Crippen molar-refractivity contribution in [2.24, 2.45) is 0 Å². The fraction of sp³-hybridized carbons (Fsp3) is 0.278. The molecule has 1 amide bonds. The monoisotopic (exact) mass is 369 g/mol. The number of rotatable bonds is 6. The van der Waals surface area contributed by atoms with Gasteiger partial charge in [-0.25, -0.2) is 0 Å². The number of carbonyl (C=O) groups is 1. The smallest absolute Gasteiger partial charge is 0.416 e. The number of methoxy groups -OCH3 is 3. The highest BCUT2D eigenvalue weighted by Crippen LogP contribution is 2.40. The van der Waals surface area contributed by atoms with E-state index < -0.39 is 17.6 Å². The number of ether oxygens (including phenoxy) is 3. The van der Waals surface area contributed by atoms with E-state index in [0.29, 0.717) is 22.9 Å². The molecule has 0 aliphatic rings. The Morgan fingerprint density at radius 1 is 1.00 bits per heavy atom. The number of alkyl halides is 3. The molecule has 2 aromatic carbocycles. The van der Waals surface area contributed by atoms with Gasteiger partial charge in [0.25, 0.3) is 0 Å². The van der Waals surface area contributed by atoms with Gasteiger partial charge >= 0.3 is 6.18 Å². The zero-order chi connectivity index (χ0) is 19.3. The molecule has 0 atom stereocenters. The van der Waals surface area contributed by atoms with Crippen molar-refractivity contribution >= 4 is 11.6 Å². The Morgan fingerprint density at radius 2 is 1.62 bits per heavy atom. The zero-order valence-electron chi connectivity index (χ0n) is 14.4. The fourth-order valence-corrected chi connectivity index (χ4v) is 2.40. The molecule has 5 nitrogen and oxygen atoms in total. The molecule has 26 heavy (non-hydrogen) atoms. The molecule has 0 unspecified atom stereocenters. The lowest BCUT2D eigenvalue weighted by Crippen LogP contribution is -2.15. The lowest BCUT2D eigenvalue weighted by atomic mass is 10.1. The summed E-state index contributed by atoms with van der Waals surface area (Å²) in [6, 6.07) is 7.71. The van der Waals surface area contributed by atoms with E-state index in [9.17, 15) is 18.0 Å². The maximum absolute atomic E-state index is 12.8. The largest absolute Gasteiger partial charge is 0.493 e. The zero-order valence-corrected chi connectivity index (χ0v) is 14.4. The third-order valence-electron chi connectivity index (χ3n) is 3.57. The van der Waals surface area contributed by atoms with Crippen LogP contribution in [0.15, 0.2) is 36.4 Å². The van der Waals surface area contributed by atoms with E-state index in [1.54, 1.807) is 0 Å². The van der Waals surface area contributed by atoms with Crippen LogP contribution in [-0.2, 0) is 17.4 Å². The first-order valence-corrected chi connectivity index (χ1v) is 7.54. The summed E-state index contributed by atoms with van der Waals surface area (Å²) in [4.78, 5) is 12.2. The molecular weight excluding hydrogens is 351 g/mol. The van der Waals surface area contributed by atoms with Crippen LogP contribution in [0, 0.1) is 0 Å². The van der Waals surface area contributed by atoms with E-state index in [2.05, 4.69) is 5.32 Å². The van der Waals surface area contributed by atoms with E-state index in [-0.39, 0.29) is 12.0 Å². The minimum atomic E-state index is -4.46. The van der Waals surface area contributed by atoms with Crippen molar-refractivity contribution < 1.29 is 32.2 Å². The number of anilines is 1. The van der Waals surface area contributed by atoms with Crippen LogP contribution in [0.4, 0.5) is 18.9 Å². The third-order valence-corrected chi connectivity index (χ3v) is 3.57. The number of hydrogen-bond donors (Lipinski definition) is 1. The average molecular weight is 369 g/mol. The second kappa shape index (κ2) is 7.99. The second-order valence-corrected chi connectivity index (χ2v) is 5.34. The molecule has 0 aliphatic carbocycles. The quantitative estimate of drug-likeness (QED) is 0.839. The molecule has 8 heteroatoms. The first-order chi connectivity index (χ1) is 12.3. The van der Waals surface area contributed by atoms with Crippen LogP contribution in [-0.4, -0.2) is 27.2 Å². The van der Waals surface area contributed by atoms with E-state index in [1.165, 1.54) is 45.6 Å². The minimum Gasteiger partial charge on any atom is -0.493 e. The Labute approximate surface area is 148 Å². The summed E-state index contributed by atoms with van der Waals surface area (Å²) in [5.41, 5.74) is -0.170. The first kappa shape index (κ1) is 19.4. The van der Waals surface area contributed by atoms with Gasteiger partial charge in [-0.15, -0.1) is 0 Å². The Morgan fingerprint density at radius 3 is 2.12 bits per heavy atom. The molecule has 140 valence electrons. The number of amides is 1. The topological polar surface area (TPSA) is 56.8 Å². The molecule has 2 rings (SSSR count). The first-order valence-electron chi connectivity index (χ1n) is 7.54. The van der Waals surface area contributed by atoms with Crippen molar-refractivity contribution in [3.63, 3.8) is 0 Å². The number of halogens is 3. The summed E-state index contributed by atoms with van der Waals surface area (Å²) in [5.74, 6) is 0.590. The molecule has 0 aromatic heterocycles. The van der Waals surface area contributed by atoms with Gasteiger partial charge in [-0.3, -0.25) is 4.79 Å². The van der Waals surface area contributed by atoms with Crippen LogP contribution in [0.25, 0.3) is 0 Å². The molecule has 0 radical (unpaired) electrons. The van der Waals surface area contributed by atoms with Gasteiger partial charge in [0, 0.05) is 17.8 Å². The molecule has 0 heterocycles. The van der Waals surface area contributed by atoms with E-state index in [1.807, 2.05) is 0 Å². The van der Waals surface area contributed by atoms with Crippen molar-refractivity contribution in [2.75, 3.05) is 26.6 Å². The third kappa shape index (κ3) is 4.59. The summed E-state index contributed by atoms with van der Waals surface area (Å²) >= 11 is 0. The molecular formula is C18H18F3NO4. The van der Waals surface area contributed by atoms with E-state index >= 15 is 0 Å². The predicted octanol–water partition coefficient (Wildman–Crippen LogP) is 3.91. The van der Waals surface area contributed by atoms with Crippen LogP contribution in [0.3, 0.4) is 0 Å². The Bertz CT molecular complexity index is 765. The molecule has 0 saturated heterocycles. The lowest BCUT2D eigenvalue weighted by Gasteiger charge is -2.15. The second-order valence-electron chi connectivity index (χ2n) is 5.34. The highest BCUT2D eigenvalue weighted by molar-refractivity contribution is 5.93. The van der Waals surface area contributed by atoms with Gasteiger partial charge in [0.2, 0.25) is 11.7 Å². The maximum atomic E-state index is 12.8. The average Bonchev–Trinajstić information content (AvgIpc) is 2.60. The van der Waals surface area contributed by atoms with Crippen LogP contribution in [0.2, 0.25) is 0 Å². The SMILES string of the molecule is COc1cc(NC(=O)Cc2cccc(C(F)(F)F)c2)cc(OC)c1OC. The molecule has 0 saturated carbocycles. The maximum Gasteiger partial charge on any atom is 0.416 e. The van der Waals surface area contributed by atoms with E-state index in [4.69, 9.17) is 14.2 Å². The van der Waals surface area contributed by atoms with Crippen molar-refractivity contribution in [3.05, 3.63) is 47.5 Å². The van der Waals surface area contributed by atoms with E-state index in [0.717, 1.165) is 12.1 Å². The van der Waals surface area contributed by atoms with Crippen LogP contribution < -0.4 is 19.5 Å². The fourth-order valence-electron chi connectivity index (χ4n) is 2.40. The van der Waals surface area contributed by atoms with Gasteiger partial charge in [-0.2, -0.15) is 13.2 Å². The summed E-state index contributed by atoms with van der Waals surface area (Å²) < 4.78 is 53.8. The lowest BCUT2D eigenvalue weighted by molar-refractivity contribution is -0.137. The van der Waals surface area contributed by atoms with Gasteiger partial charge < -0.3 is 19.5 Å². The van der Waals surface area contributed by atoms with Crippen molar-refractivity contribution in [1.82, 2.24) is 0 Å². The van der Waals surface area contributed by atoms with Gasteiger partial charge in [0.15, 0.2) is 11.5 Å². The Kier molecular flexibility index (Phi) is 5.97. The molecule has 0 aliphatic heterocycles. The van der Waals surface area contributed by atoms with Gasteiger partial charge in [-0.1, -0.05) is 18.2 Å². The van der Waals surface area contributed by atoms with Crippen molar-refractivity contribution in [3.8, 4) is 17.2 Å². The van der Waals surface area contributed by atoms with Crippen LogP contribution >= 0.6 is 0 Å². The Balaban J connectivity index is 2.18. The number of benzene rings is 2. The molecule has 0 bridgehead atoms. The molecule has 0 fully saturated rings. The number of nitrogens with one attached hydrogen (secondary N) is 1. The van der Waals surface area contributed by atoms with Gasteiger partial charge in [0.05, 0.1) is 33.3 Å².